The van der Waals surface area contributed by atoms with Crippen molar-refractivity contribution in [1.82, 2.24) is 34.9 Å². The minimum Gasteiger partial charge on any atom is -0.349 e. The van der Waals surface area contributed by atoms with E-state index < -0.39 is 47.6 Å². The summed E-state index contributed by atoms with van der Waals surface area (Å²) in [5, 5.41) is 12.0. The number of imidazole rings is 1. The van der Waals surface area contributed by atoms with Crippen LogP contribution in [0.5, 0.6) is 0 Å². The average Bonchev–Trinajstić information content (AvgIpc) is 3.46. The maximum Gasteiger partial charge on any atom is 0.435 e. The molecular weight excluding hydrogens is 665 g/mol. The van der Waals surface area contributed by atoms with Crippen LogP contribution in [-0.4, -0.2) is 79.2 Å². The fourth-order valence-corrected chi connectivity index (χ4v) is 7.09. The lowest BCUT2D eigenvalue weighted by atomic mass is 10.2. The number of nitrogens with zero attached hydrogens (tertiary/aromatic N) is 5. The van der Waals surface area contributed by atoms with Gasteiger partial charge < -0.3 is 31.2 Å². The van der Waals surface area contributed by atoms with Gasteiger partial charge in [-0.25, -0.2) is 18.6 Å². The molecule has 3 aliphatic carbocycles. The molecule has 1 aromatic carbocycles. The number of likely N-dealkylation sites (tertiary alicyclic amines) is 1. The van der Waals surface area contributed by atoms with Crippen molar-refractivity contribution in [1.29, 1.82) is 0 Å². The molecule has 12 nitrogen and oxygen atoms in total. The predicted molar refractivity (Wildman–Crippen MR) is 161 cm³/mol. The molecule has 48 heavy (non-hydrogen) atoms. The number of piperidine rings is 1. The first-order valence-electron chi connectivity index (χ1n) is 15.4. The molecule has 4 fully saturated rings. The molecule has 1 unspecified atom stereocenters. The Kier molecular flexibility index (Phi) is 7.69. The van der Waals surface area contributed by atoms with E-state index in [0.717, 1.165) is 36.2 Å². The number of carbonyl (C=O) groups excluding carboxylic acids is 3. The second-order valence-corrected chi connectivity index (χ2v) is 13.3. The van der Waals surface area contributed by atoms with Gasteiger partial charge in [0, 0.05) is 68.4 Å². The molecule has 6 atom stereocenters. The van der Waals surface area contributed by atoms with E-state index in [9.17, 15) is 36.3 Å². The number of amides is 4. The Morgan fingerprint density at radius 2 is 1.79 bits per heavy atom. The van der Waals surface area contributed by atoms with Gasteiger partial charge in [0.05, 0.1) is 28.0 Å². The standard InChI is InChI=1S/C30H31ClF5N9O3/c1-43-21(17-12-45(22-8-29(22,32)33)42-24(17)30(34,35)36)9-38-25(43)27(47)39-13-5-6-14(18(31)7-13)26(46)41-23-15-10-44(11-16(15)23)28(48)40-20-4-2-3-19(20)37/h5-7,9,12,15-16,19-20,22-23H,2-4,8,10-11,37H2,1H3,(H,39,47)(H,40,48)(H,41,46)/t15-,16+,19-,20+,22?,23+/m0/s1. The highest BCUT2D eigenvalue weighted by molar-refractivity contribution is 6.34. The number of alkyl halides is 5. The van der Waals surface area contributed by atoms with Crippen LogP contribution >= 0.6 is 11.6 Å². The van der Waals surface area contributed by atoms with Crippen molar-refractivity contribution in [3.8, 4) is 11.3 Å². The highest BCUT2D eigenvalue weighted by Crippen LogP contribution is 2.53. The zero-order valence-corrected chi connectivity index (χ0v) is 26.2. The molecule has 0 spiro atoms. The third-order valence-corrected chi connectivity index (χ3v) is 10.0. The monoisotopic (exact) mass is 695 g/mol. The van der Waals surface area contributed by atoms with Crippen molar-refractivity contribution in [3.05, 3.63) is 52.7 Å². The quantitative estimate of drug-likeness (QED) is 0.274. The second kappa shape index (κ2) is 11.4. The van der Waals surface area contributed by atoms with E-state index in [4.69, 9.17) is 17.3 Å². The Morgan fingerprint density at radius 1 is 1.08 bits per heavy atom. The number of rotatable bonds is 7. The number of benzene rings is 1. The van der Waals surface area contributed by atoms with Crippen LogP contribution in [0, 0.1) is 11.8 Å². The number of anilines is 1. The summed E-state index contributed by atoms with van der Waals surface area (Å²) in [7, 11) is 1.31. The topological polar surface area (TPSA) is 152 Å². The number of aromatic nitrogens is 4. The van der Waals surface area contributed by atoms with Crippen LogP contribution in [0.1, 0.15) is 58.4 Å². The van der Waals surface area contributed by atoms with Gasteiger partial charge >= 0.3 is 12.2 Å². The van der Waals surface area contributed by atoms with Crippen LogP contribution in [0.3, 0.4) is 0 Å². The van der Waals surface area contributed by atoms with E-state index in [2.05, 4.69) is 26.0 Å². The molecule has 0 radical (unpaired) electrons. The molecule has 3 heterocycles. The lowest BCUT2D eigenvalue weighted by Gasteiger charge is -2.25. The van der Waals surface area contributed by atoms with Crippen molar-refractivity contribution < 1.29 is 36.3 Å². The van der Waals surface area contributed by atoms with Crippen molar-refractivity contribution in [2.24, 2.45) is 24.6 Å². The number of carbonyl (C=O) groups is 3. The third kappa shape index (κ3) is 5.86. The van der Waals surface area contributed by atoms with Gasteiger partial charge in [0.2, 0.25) is 0 Å². The SMILES string of the molecule is Cn1c(-c2cn(C3CC3(F)F)nc2C(F)(F)F)cnc1C(=O)Nc1ccc(C(=O)N[C@H]2[C@@H]3CN(C(=O)N[C@@H]4CCC[C@@H]4N)C[C@@H]32)c(Cl)c1. The summed E-state index contributed by atoms with van der Waals surface area (Å²) >= 11 is 6.39. The molecule has 3 aromatic rings. The van der Waals surface area contributed by atoms with Crippen molar-refractivity contribution in [2.45, 2.75) is 61.9 Å². The molecular formula is C30H31ClF5N9O3. The van der Waals surface area contributed by atoms with Gasteiger partial charge in [0.15, 0.2) is 11.5 Å². The summed E-state index contributed by atoms with van der Waals surface area (Å²) in [4.78, 5) is 44.4. The zero-order valence-electron chi connectivity index (χ0n) is 25.4. The molecule has 7 rings (SSSR count). The van der Waals surface area contributed by atoms with Gasteiger partial charge in [-0.05, 0) is 37.5 Å². The Hall–Kier alpha value is -4.25. The van der Waals surface area contributed by atoms with Crippen LogP contribution in [0.2, 0.25) is 5.02 Å². The van der Waals surface area contributed by atoms with Crippen LogP contribution in [0.4, 0.5) is 32.4 Å². The van der Waals surface area contributed by atoms with Crippen molar-refractivity contribution in [3.63, 3.8) is 0 Å². The van der Waals surface area contributed by atoms with Crippen LogP contribution in [-0.2, 0) is 13.2 Å². The molecule has 1 aliphatic heterocycles. The molecule has 2 aromatic heterocycles. The normalized spacial score (nSPS) is 27.0. The lowest BCUT2D eigenvalue weighted by Crippen LogP contribution is -2.50. The number of fused-ring (bicyclic) bond motifs is 1. The zero-order chi connectivity index (χ0) is 34.3. The van der Waals surface area contributed by atoms with E-state index in [-0.39, 0.29) is 63.8 Å². The number of halogens is 6. The third-order valence-electron chi connectivity index (χ3n) is 9.71. The number of nitrogens with one attached hydrogen (secondary N) is 3. The van der Waals surface area contributed by atoms with Crippen LogP contribution < -0.4 is 21.7 Å². The number of hydrogen-bond donors (Lipinski definition) is 4. The largest absolute Gasteiger partial charge is 0.435 e. The Balaban J connectivity index is 0.967. The van der Waals surface area contributed by atoms with Gasteiger partial charge in [-0.2, -0.15) is 18.3 Å². The number of nitrogens with two attached hydrogens (primary N) is 1. The summed E-state index contributed by atoms with van der Waals surface area (Å²) in [5.74, 6) is -4.36. The van der Waals surface area contributed by atoms with E-state index in [1.807, 2.05) is 0 Å². The Morgan fingerprint density at radius 3 is 2.40 bits per heavy atom. The highest BCUT2D eigenvalue weighted by atomic mass is 35.5. The first kappa shape index (κ1) is 32.3. The van der Waals surface area contributed by atoms with E-state index in [0.29, 0.717) is 17.8 Å². The minimum atomic E-state index is -4.94. The first-order chi connectivity index (χ1) is 22.6. The van der Waals surface area contributed by atoms with Gasteiger partial charge in [-0.3, -0.25) is 14.3 Å². The predicted octanol–water partition coefficient (Wildman–Crippen LogP) is 4.04. The fraction of sp³-hybridized carbons (Fsp3) is 0.500. The van der Waals surface area contributed by atoms with Crippen LogP contribution in [0.25, 0.3) is 11.3 Å². The summed E-state index contributed by atoms with van der Waals surface area (Å²) in [6.07, 6.45) is -0.904. The van der Waals surface area contributed by atoms with Gasteiger partial charge in [-0.1, -0.05) is 11.6 Å². The smallest absolute Gasteiger partial charge is 0.349 e. The average molecular weight is 696 g/mol. The molecule has 256 valence electrons. The van der Waals surface area contributed by atoms with Gasteiger partial charge in [0.25, 0.3) is 17.7 Å². The summed E-state index contributed by atoms with van der Waals surface area (Å²) in [5.41, 5.74) is 4.39. The highest BCUT2D eigenvalue weighted by Gasteiger charge is 2.60. The summed E-state index contributed by atoms with van der Waals surface area (Å²) < 4.78 is 70.1. The van der Waals surface area contributed by atoms with E-state index >= 15 is 0 Å². The Labute approximate surface area is 275 Å². The molecule has 18 heteroatoms. The van der Waals surface area contributed by atoms with E-state index in [1.165, 1.54) is 25.2 Å². The number of hydrogen-bond acceptors (Lipinski definition) is 6. The van der Waals surface area contributed by atoms with Crippen LogP contribution in [0.15, 0.2) is 30.6 Å². The van der Waals surface area contributed by atoms with Crippen molar-refractivity contribution >= 4 is 35.1 Å². The maximum absolute atomic E-state index is 13.8. The first-order valence-corrected chi connectivity index (χ1v) is 15.8. The Bertz CT molecular complexity index is 1800. The minimum absolute atomic E-state index is 0.0179. The fourth-order valence-electron chi connectivity index (χ4n) is 6.82. The summed E-state index contributed by atoms with van der Waals surface area (Å²) in [6.45, 7) is 1.04. The molecule has 3 saturated carbocycles. The van der Waals surface area contributed by atoms with Gasteiger partial charge in [-0.15, -0.1) is 0 Å². The second-order valence-electron chi connectivity index (χ2n) is 12.9. The van der Waals surface area contributed by atoms with E-state index in [1.54, 1.807) is 4.90 Å². The maximum atomic E-state index is 13.8. The molecule has 0 bridgehead atoms. The van der Waals surface area contributed by atoms with Crippen molar-refractivity contribution in [2.75, 3.05) is 18.4 Å². The lowest BCUT2D eigenvalue weighted by molar-refractivity contribution is -0.141. The number of urea groups is 1. The molecule has 4 amide bonds. The summed E-state index contributed by atoms with van der Waals surface area (Å²) in [6, 6.07) is 2.45. The molecule has 4 aliphatic rings. The molecule has 5 N–H and O–H groups in total. The van der Waals surface area contributed by atoms with Gasteiger partial charge in [0.1, 0.15) is 6.04 Å². The molecule has 1 saturated heterocycles.